The lowest BCUT2D eigenvalue weighted by atomic mass is 10.0. The SMILES string of the molecule is Cc1csc(-c2c(N)nsc2N2CCCC(N(C)C)C2)n1. The Morgan fingerprint density at radius 1 is 1.43 bits per heavy atom. The Hall–Kier alpha value is -1.18. The molecule has 0 radical (unpaired) electrons. The van der Waals surface area contributed by atoms with Crippen molar-refractivity contribution in [3.63, 3.8) is 0 Å². The zero-order valence-corrected chi connectivity index (χ0v) is 14.3. The lowest BCUT2D eigenvalue weighted by Gasteiger charge is -2.36. The summed E-state index contributed by atoms with van der Waals surface area (Å²) in [7, 11) is 4.31. The molecule has 0 amide bonds. The van der Waals surface area contributed by atoms with Crippen molar-refractivity contribution >= 4 is 33.7 Å². The number of nitrogen functional groups attached to an aromatic ring is 1. The highest BCUT2D eigenvalue weighted by Crippen LogP contribution is 2.41. The molecule has 2 N–H and O–H groups in total. The van der Waals surface area contributed by atoms with Gasteiger partial charge in [0, 0.05) is 30.2 Å². The zero-order chi connectivity index (χ0) is 15.0. The molecule has 0 aromatic carbocycles. The second-order valence-electron chi connectivity index (χ2n) is 5.75. The molecule has 1 atom stereocenters. The first-order chi connectivity index (χ1) is 10.1. The molecule has 1 saturated heterocycles. The normalized spacial score (nSPS) is 19.4. The van der Waals surface area contributed by atoms with Gasteiger partial charge < -0.3 is 15.5 Å². The van der Waals surface area contributed by atoms with Crippen LogP contribution in [0.15, 0.2) is 5.38 Å². The van der Waals surface area contributed by atoms with Gasteiger partial charge in [-0.2, -0.15) is 4.37 Å². The molecule has 3 rings (SSSR count). The van der Waals surface area contributed by atoms with Crippen LogP contribution < -0.4 is 10.6 Å². The summed E-state index contributed by atoms with van der Waals surface area (Å²) >= 11 is 3.14. The predicted octanol–water partition coefficient (Wildman–Crippen LogP) is 2.69. The van der Waals surface area contributed by atoms with E-state index in [9.17, 15) is 0 Å². The lowest BCUT2D eigenvalue weighted by molar-refractivity contribution is 0.258. The number of nitrogens with zero attached hydrogens (tertiary/aromatic N) is 4. The number of anilines is 2. The molecule has 2 aromatic heterocycles. The first-order valence-electron chi connectivity index (χ1n) is 7.15. The Bertz CT molecular complexity index is 619. The van der Waals surface area contributed by atoms with Crippen molar-refractivity contribution in [1.82, 2.24) is 14.3 Å². The third kappa shape index (κ3) is 2.90. The molecule has 1 unspecified atom stereocenters. The molecule has 21 heavy (non-hydrogen) atoms. The Labute approximate surface area is 133 Å². The van der Waals surface area contributed by atoms with Gasteiger partial charge in [-0.05, 0) is 45.4 Å². The van der Waals surface area contributed by atoms with Crippen molar-refractivity contribution in [1.29, 1.82) is 0 Å². The van der Waals surface area contributed by atoms with E-state index in [0.29, 0.717) is 11.9 Å². The van der Waals surface area contributed by atoms with Crippen LogP contribution in [0.1, 0.15) is 18.5 Å². The highest BCUT2D eigenvalue weighted by Gasteiger charge is 2.27. The Morgan fingerprint density at radius 3 is 2.90 bits per heavy atom. The summed E-state index contributed by atoms with van der Waals surface area (Å²) < 4.78 is 4.38. The summed E-state index contributed by atoms with van der Waals surface area (Å²) in [6.45, 7) is 4.12. The smallest absolute Gasteiger partial charge is 0.149 e. The molecule has 1 fully saturated rings. The van der Waals surface area contributed by atoms with Crippen molar-refractivity contribution in [3.05, 3.63) is 11.1 Å². The van der Waals surface area contributed by atoms with E-state index in [4.69, 9.17) is 5.73 Å². The van der Waals surface area contributed by atoms with Crippen molar-refractivity contribution in [2.75, 3.05) is 37.8 Å². The van der Waals surface area contributed by atoms with E-state index in [1.165, 1.54) is 29.4 Å². The molecule has 0 spiro atoms. The third-order valence-electron chi connectivity index (χ3n) is 3.95. The number of hydrogen-bond acceptors (Lipinski definition) is 7. The highest BCUT2D eigenvalue weighted by molar-refractivity contribution is 7.15. The molecular weight excluding hydrogens is 302 g/mol. The van der Waals surface area contributed by atoms with Gasteiger partial charge in [0.15, 0.2) is 0 Å². The highest BCUT2D eigenvalue weighted by atomic mass is 32.1. The van der Waals surface area contributed by atoms with E-state index in [1.54, 1.807) is 11.3 Å². The van der Waals surface area contributed by atoms with E-state index < -0.39 is 0 Å². The quantitative estimate of drug-likeness (QED) is 0.941. The van der Waals surface area contributed by atoms with Crippen LogP contribution in [0.3, 0.4) is 0 Å². The van der Waals surface area contributed by atoms with Crippen LogP contribution in [0.5, 0.6) is 0 Å². The zero-order valence-electron chi connectivity index (χ0n) is 12.7. The number of aryl methyl sites for hydroxylation is 1. The first-order valence-corrected chi connectivity index (χ1v) is 8.80. The number of piperidine rings is 1. The van der Waals surface area contributed by atoms with Gasteiger partial charge in [0.25, 0.3) is 0 Å². The van der Waals surface area contributed by atoms with E-state index in [0.717, 1.165) is 29.4 Å². The van der Waals surface area contributed by atoms with Gasteiger partial charge in [-0.25, -0.2) is 4.98 Å². The molecule has 114 valence electrons. The van der Waals surface area contributed by atoms with Crippen LogP contribution in [-0.4, -0.2) is 47.5 Å². The third-order valence-corrected chi connectivity index (χ3v) is 5.85. The van der Waals surface area contributed by atoms with E-state index >= 15 is 0 Å². The van der Waals surface area contributed by atoms with Gasteiger partial charge in [0.05, 0.1) is 5.56 Å². The number of nitrogens with two attached hydrogens (primary N) is 1. The fourth-order valence-corrected chi connectivity index (χ4v) is 4.50. The van der Waals surface area contributed by atoms with Gasteiger partial charge in [-0.1, -0.05) is 0 Å². The van der Waals surface area contributed by atoms with Gasteiger partial charge in [-0.15, -0.1) is 11.3 Å². The summed E-state index contributed by atoms with van der Waals surface area (Å²) in [6, 6.07) is 0.591. The van der Waals surface area contributed by atoms with Gasteiger partial charge in [0.2, 0.25) is 0 Å². The van der Waals surface area contributed by atoms with Crippen LogP contribution in [-0.2, 0) is 0 Å². The van der Waals surface area contributed by atoms with Crippen molar-refractivity contribution in [2.45, 2.75) is 25.8 Å². The average molecular weight is 323 g/mol. The minimum atomic E-state index is 0.591. The van der Waals surface area contributed by atoms with E-state index in [2.05, 4.69) is 38.6 Å². The maximum absolute atomic E-state index is 6.11. The number of rotatable bonds is 3. The fraction of sp³-hybridized carbons (Fsp3) is 0.571. The Kier molecular flexibility index (Phi) is 4.14. The summed E-state index contributed by atoms with van der Waals surface area (Å²) in [5, 5.41) is 4.23. The molecule has 1 aliphatic rings. The number of likely N-dealkylation sites (N-methyl/N-ethyl adjacent to an activating group) is 1. The molecule has 0 saturated carbocycles. The summed E-state index contributed by atoms with van der Waals surface area (Å²) in [6.07, 6.45) is 2.46. The van der Waals surface area contributed by atoms with Crippen molar-refractivity contribution < 1.29 is 0 Å². The predicted molar refractivity (Wildman–Crippen MR) is 91.3 cm³/mol. The van der Waals surface area contributed by atoms with Crippen LogP contribution in [0, 0.1) is 6.92 Å². The monoisotopic (exact) mass is 323 g/mol. The maximum atomic E-state index is 6.11. The van der Waals surface area contributed by atoms with Gasteiger partial charge in [0.1, 0.15) is 15.8 Å². The van der Waals surface area contributed by atoms with Gasteiger partial charge >= 0.3 is 0 Å². The van der Waals surface area contributed by atoms with E-state index in [-0.39, 0.29) is 0 Å². The largest absolute Gasteiger partial charge is 0.382 e. The molecule has 0 bridgehead atoms. The number of aromatic nitrogens is 2. The number of hydrogen-bond donors (Lipinski definition) is 1. The molecule has 3 heterocycles. The Morgan fingerprint density at radius 2 is 2.24 bits per heavy atom. The molecule has 0 aliphatic carbocycles. The molecule has 5 nitrogen and oxygen atoms in total. The van der Waals surface area contributed by atoms with Crippen molar-refractivity contribution in [3.8, 4) is 10.6 Å². The molecule has 7 heteroatoms. The van der Waals surface area contributed by atoms with E-state index in [1.807, 2.05) is 6.92 Å². The minimum absolute atomic E-state index is 0.591. The minimum Gasteiger partial charge on any atom is -0.382 e. The van der Waals surface area contributed by atoms with Crippen molar-refractivity contribution in [2.24, 2.45) is 0 Å². The van der Waals surface area contributed by atoms with Crippen LogP contribution in [0.25, 0.3) is 10.6 Å². The maximum Gasteiger partial charge on any atom is 0.149 e. The van der Waals surface area contributed by atoms with Gasteiger partial charge in [-0.3, -0.25) is 0 Å². The fourth-order valence-electron chi connectivity index (χ4n) is 2.74. The summed E-state index contributed by atoms with van der Waals surface area (Å²) in [5.41, 5.74) is 8.18. The van der Waals surface area contributed by atoms with Crippen LogP contribution in [0.2, 0.25) is 0 Å². The summed E-state index contributed by atoms with van der Waals surface area (Å²) in [5.74, 6) is 0.608. The lowest BCUT2D eigenvalue weighted by Crippen LogP contribution is -2.45. The topological polar surface area (TPSA) is 58.3 Å². The second kappa shape index (κ2) is 5.90. The standard InChI is InChI=1S/C14H21N5S2/c1-9-8-20-13(16-9)11-12(15)17-21-14(11)19-6-4-5-10(7-19)18(2)3/h8,10H,4-7H2,1-3H3,(H2,15,17). The summed E-state index contributed by atoms with van der Waals surface area (Å²) in [4.78, 5) is 9.33. The van der Waals surface area contributed by atoms with Crippen LogP contribution in [0.4, 0.5) is 10.8 Å². The Balaban J connectivity index is 1.92. The van der Waals surface area contributed by atoms with Crippen LogP contribution >= 0.6 is 22.9 Å². The number of thiazole rings is 1. The second-order valence-corrected chi connectivity index (χ2v) is 7.36. The molecule has 1 aliphatic heterocycles. The average Bonchev–Trinajstić information content (AvgIpc) is 3.04. The first kappa shape index (κ1) is 14.7. The molecular formula is C14H21N5S2. The molecule has 2 aromatic rings.